The van der Waals surface area contributed by atoms with E-state index >= 15 is 0 Å². The van der Waals surface area contributed by atoms with Crippen LogP contribution in [0.15, 0.2) is 0 Å². The smallest absolute Gasteiger partial charge is 0.0625 e. The van der Waals surface area contributed by atoms with Gasteiger partial charge in [0.15, 0.2) is 0 Å². The predicted molar refractivity (Wildman–Crippen MR) is 79.9 cm³/mol. The van der Waals surface area contributed by atoms with Crippen LogP contribution >= 0.6 is 0 Å². The topological polar surface area (TPSA) is 27.0 Å². The monoisotopic (exact) mass is 272 g/mol. The van der Waals surface area contributed by atoms with E-state index in [2.05, 4.69) is 11.0 Å². The van der Waals surface area contributed by atoms with E-state index in [0.717, 1.165) is 36.0 Å². The van der Waals surface area contributed by atoms with Gasteiger partial charge in [0, 0.05) is 19.5 Å². The zero-order valence-electron chi connectivity index (χ0n) is 12.6. The Morgan fingerprint density at radius 3 is 2.35 bits per heavy atom. The first-order valence-electron chi connectivity index (χ1n) is 8.91. The molecule has 5 rings (SSSR count). The fraction of sp³-hybridized carbons (Fsp3) is 0.944. The largest absolute Gasteiger partial charge is 0.303 e. The third kappa shape index (κ3) is 2.39. The lowest BCUT2D eigenvalue weighted by Gasteiger charge is -2.55. The average Bonchev–Trinajstić information content (AvgIpc) is 2.43. The molecule has 1 aliphatic heterocycles. The third-order valence-corrected chi connectivity index (χ3v) is 6.87. The van der Waals surface area contributed by atoms with E-state index in [1.807, 2.05) is 0 Å². The van der Waals surface area contributed by atoms with Gasteiger partial charge in [0.25, 0.3) is 0 Å². The van der Waals surface area contributed by atoms with E-state index in [4.69, 9.17) is 5.26 Å². The summed E-state index contributed by atoms with van der Waals surface area (Å²) in [5, 5.41) is 8.92. The fourth-order valence-electron chi connectivity index (χ4n) is 6.25. The summed E-state index contributed by atoms with van der Waals surface area (Å²) < 4.78 is 0. The molecule has 0 amide bonds. The number of hydrogen-bond donors (Lipinski definition) is 0. The van der Waals surface area contributed by atoms with Crippen molar-refractivity contribution in [1.82, 2.24) is 4.90 Å². The molecule has 0 aromatic heterocycles. The van der Waals surface area contributed by atoms with Gasteiger partial charge in [-0.2, -0.15) is 5.26 Å². The summed E-state index contributed by atoms with van der Waals surface area (Å²) in [6.07, 6.45) is 11.1. The van der Waals surface area contributed by atoms with Crippen LogP contribution in [0.3, 0.4) is 0 Å². The molecule has 2 nitrogen and oxygen atoms in total. The predicted octanol–water partition coefficient (Wildman–Crippen LogP) is 3.68. The molecule has 2 heteroatoms. The first-order chi connectivity index (χ1) is 9.81. The lowest BCUT2D eigenvalue weighted by Crippen LogP contribution is -2.50. The van der Waals surface area contributed by atoms with Crippen molar-refractivity contribution in [2.75, 3.05) is 19.6 Å². The molecule has 0 spiro atoms. The molecule has 1 saturated heterocycles. The van der Waals surface area contributed by atoms with E-state index in [1.54, 1.807) is 32.1 Å². The van der Waals surface area contributed by atoms with Crippen molar-refractivity contribution in [1.29, 1.82) is 5.26 Å². The highest BCUT2D eigenvalue weighted by Gasteiger charge is 2.48. The number of nitriles is 1. The normalized spacial score (nSPS) is 47.4. The Morgan fingerprint density at radius 2 is 1.70 bits per heavy atom. The van der Waals surface area contributed by atoms with Crippen LogP contribution in [0.25, 0.3) is 0 Å². The Labute approximate surface area is 123 Å². The highest BCUT2D eigenvalue weighted by Crippen LogP contribution is 2.56. The van der Waals surface area contributed by atoms with Gasteiger partial charge < -0.3 is 4.90 Å². The summed E-state index contributed by atoms with van der Waals surface area (Å²) in [6, 6.07) is 2.39. The van der Waals surface area contributed by atoms with Crippen LogP contribution in [-0.4, -0.2) is 24.5 Å². The van der Waals surface area contributed by atoms with Gasteiger partial charge in [0.05, 0.1) is 6.07 Å². The van der Waals surface area contributed by atoms with Crippen molar-refractivity contribution in [2.24, 2.45) is 35.5 Å². The first-order valence-corrected chi connectivity index (χ1v) is 8.91. The zero-order chi connectivity index (χ0) is 13.5. The lowest BCUT2D eigenvalue weighted by atomic mass is 9.52. The second-order valence-corrected chi connectivity index (χ2v) is 8.22. The Bertz CT molecular complexity index is 369. The average molecular weight is 272 g/mol. The molecule has 1 atom stereocenters. The van der Waals surface area contributed by atoms with Crippen molar-refractivity contribution in [3.05, 3.63) is 0 Å². The molecule has 5 fully saturated rings. The summed E-state index contributed by atoms with van der Waals surface area (Å²) in [6.45, 7) is 3.86. The molecule has 1 heterocycles. The minimum atomic E-state index is 0.658. The van der Waals surface area contributed by atoms with Crippen molar-refractivity contribution in [3.8, 4) is 6.07 Å². The molecular weight excluding hydrogens is 244 g/mol. The van der Waals surface area contributed by atoms with E-state index in [1.165, 1.54) is 32.5 Å². The van der Waals surface area contributed by atoms with Crippen LogP contribution in [0.1, 0.15) is 51.4 Å². The van der Waals surface area contributed by atoms with Crippen LogP contribution in [-0.2, 0) is 0 Å². The first kappa shape index (κ1) is 13.1. The van der Waals surface area contributed by atoms with E-state index in [-0.39, 0.29) is 0 Å². The highest BCUT2D eigenvalue weighted by atomic mass is 15.1. The maximum atomic E-state index is 8.92. The SMILES string of the molecule is N#CCC1CCCN(CC2C3CC4CC(C3)CC2C4)C1. The summed E-state index contributed by atoms with van der Waals surface area (Å²) in [4.78, 5) is 2.72. The molecule has 110 valence electrons. The van der Waals surface area contributed by atoms with Crippen LogP contribution in [0.5, 0.6) is 0 Å². The minimum Gasteiger partial charge on any atom is -0.303 e. The molecule has 0 aromatic carbocycles. The molecule has 20 heavy (non-hydrogen) atoms. The van der Waals surface area contributed by atoms with Gasteiger partial charge in [-0.1, -0.05) is 0 Å². The zero-order valence-corrected chi connectivity index (χ0v) is 12.6. The van der Waals surface area contributed by atoms with Gasteiger partial charge in [0.1, 0.15) is 0 Å². The number of rotatable bonds is 3. The molecule has 4 aliphatic carbocycles. The molecular formula is C18H28N2. The summed E-state index contributed by atoms with van der Waals surface area (Å²) in [5.74, 6) is 5.97. The Balaban J connectivity index is 1.38. The van der Waals surface area contributed by atoms with Crippen LogP contribution in [0, 0.1) is 46.8 Å². The maximum Gasteiger partial charge on any atom is 0.0625 e. The number of hydrogen-bond acceptors (Lipinski definition) is 2. The highest BCUT2D eigenvalue weighted by molar-refractivity contribution is 4.99. The van der Waals surface area contributed by atoms with Gasteiger partial charge in [-0.15, -0.1) is 0 Å². The molecule has 1 unspecified atom stereocenters. The number of piperidine rings is 1. The standard InChI is InChI=1S/C18H28N2/c19-4-3-13-2-1-5-20(11-13)12-18-16-7-14-6-15(9-16)10-17(18)8-14/h13-18H,1-3,5-12H2. The summed E-state index contributed by atoms with van der Waals surface area (Å²) in [5.41, 5.74) is 0. The van der Waals surface area contributed by atoms with Gasteiger partial charge in [-0.05, 0) is 87.0 Å². The summed E-state index contributed by atoms with van der Waals surface area (Å²) in [7, 11) is 0. The molecule has 0 N–H and O–H groups in total. The quantitative estimate of drug-likeness (QED) is 0.783. The molecule has 0 aromatic rings. The Morgan fingerprint density at radius 1 is 1.00 bits per heavy atom. The van der Waals surface area contributed by atoms with Crippen molar-refractivity contribution in [2.45, 2.75) is 51.4 Å². The second-order valence-electron chi connectivity index (χ2n) is 8.22. The van der Waals surface area contributed by atoms with Gasteiger partial charge in [-0.3, -0.25) is 0 Å². The third-order valence-electron chi connectivity index (χ3n) is 6.87. The lowest BCUT2D eigenvalue weighted by molar-refractivity contribution is -0.0525. The minimum absolute atomic E-state index is 0.658. The van der Waals surface area contributed by atoms with E-state index in [0.29, 0.717) is 5.92 Å². The second kappa shape index (κ2) is 5.34. The van der Waals surface area contributed by atoms with Gasteiger partial charge in [-0.25, -0.2) is 0 Å². The van der Waals surface area contributed by atoms with Crippen molar-refractivity contribution < 1.29 is 0 Å². The fourth-order valence-corrected chi connectivity index (χ4v) is 6.25. The van der Waals surface area contributed by atoms with Crippen molar-refractivity contribution >= 4 is 0 Å². The van der Waals surface area contributed by atoms with Gasteiger partial charge >= 0.3 is 0 Å². The number of likely N-dealkylation sites (tertiary alicyclic amines) is 1. The van der Waals surface area contributed by atoms with Crippen LogP contribution in [0.4, 0.5) is 0 Å². The van der Waals surface area contributed by atoms with Gasteiger partial charge in [0.2, 0.25) is 0 Å². The van der Waals surface area contributed by atoms with Crippen LogP contribution < -0.4 is 0 Å². The van der Waals surface area contributed by atoms with E-state index in [9.17, 15) is 0 Å². The Kier molecular flexibility index (Phi) is 3.50. The molecule has 4 saturated carbocycles. The Hall–Kier alpha value is -0.550. The van der Waals surface area contributed by atoms with Crippen LogP contribution in [0.2, 0.25) is 0 Å². The number of nitrogens with zero attached hydrogens (tertiary/aromatic N) is 2. The summed E-state index contributed by atoms with van der Waals surface area (Å²) >= 11 is 0. The van der Waals surface area contributed by atoms with Crippen molar-refractivity contribution in [3.63, 3.8) is 0 Å². The molecule has 4 bridgehead atoms. The van der Waals surface area contributed by atoms with E-state index < -0.39 is 0 Å². The molecule has 0 radical (unpaired) electrons. The maximum absolute atomic E-state index is 8.92. The molecule has 5 aliphatic rings.